The van der Waals surface area contributed by atoms with Crippen LogP contribution in [0.3, 0.4) is 0 Å². The number of hydrogen-bond donors (Lipinski definition) is 1. The predicted molar refractivity (Wildman–Crippen MR) is 110 cm³/mol. The van der Waals surface area contributed by atoms with Crippen LogP contribution in [-0.4, -0.2) is 44.6 Å². The number of ether oxygens (including phenoxy) is 1. The van der Waals surface area contributed by atoms with E-state index in [1.165, 1.54) is 12.4 Å². The lowest BCUT2D eigenvalue weighted by Crippen LogP contribution is -2.52. The molecule has 8 heteroatoms. The van der Waals surface area contributed by atoms with Crippen molar-refractivity contribution in [3.05, 3.63) is 48.3 Å². The summed E-state index contributed by atoms with van der Waals surface area (Å²) >= 11 is 0. The molecule has 3 rings (SSSR count). The number of imidazole rings is 1. The van der Waals surface area contributed by atoms with Crippen molar-refractivity contribution in [3.8, 4) is 5.69 Å². The number of rotatable bonds is 4. The molecular weight excluding hydrogens is 387 g/mol. The monoisotopic (exact) mass is 416 g/mol. The average Bonchev–Trinajstić information content (AvgIpc) is 3.19. The second-order valence-electron chi connectivity index (χ2n) is 8.64. The van der Waals surface area contributed by atoms with Crippen molar-refractivity contribution in [1.82, 2.24) is 19.8 Å². The molecule has 2 amide bonds. The van der Waals surface area contributed by atoms with Gasteiger partial charge in [0, 0.05) is 31.5 Å². The van der Waals surface area contributed by atoms with Crippen molar-refractivity contribution < 1.29 is 18.7 Å². The van der Waals surface area contributed by atoms with Gasteiger partial charge in [-0.1, -0.05) is 6.07 Å². The van der Waals surface area contributed by atoms with Crippen molar-refractivity contribution in [1.29, 1.82) is 0 Å². The molecule has 2 heterocycles. The van der Waals surface area contributed by atoms with E-state index >= 15 is 0 Å². The normalized spacial score (nSPS) is 19.4. The molecule has 1 aliphatic rings. The number of likely N-dealkylation sites (tertiary alicyclic amines) is 1. The van der Waals surface area contributed by atoms with Gasteiger partial charge in [0.15, 0.2) is 0 Å². The predicted octanol–water partition coefficient (Wildman–Crippen LogP) is 3.66. The second kappa shape index (κ2) is 8.85. The molecule has 1 aromatic carbocycles. The minimum absolute atomic E-state index is 0.144. The summed E-state index contributed by atoms with van der Waals surface area (Å²) in [5.41, 5.74) is 0.479. The van der Waals surface area contributed by atoms with Gasteiger partial charge in [0.2, 0.25) is 5.91 Å². The zero-order valence-electron chi connectivity index (χ0n) is 17.9. The van der Waals surface area contributed by atoms with Gasteiger partial charge in [-0.15, -0.1) is 0 Å². The number of piperidine rings is 1. The fourth-order valence-corrected chi connectivity index (χ4v) is 3.66. The number of nitrogens with one attached hydrogen (secondary N) is 1. The lowest BCUT2D eigenvalue weighted by atomic mass is 9.89. The minimum atomic E-state index is -0.584. The topological polar surface area (TPSA) is 76.5 Å². The first-order chi connectivity index (χ1) is 14.2. The molecule has 1 aromatic heterocycles. The maximum absolute atomic E-state index is 14.4. The van der Waals surface area contributed by atoms with E-state index in [-0.39, 0.29) is 30.2 Å². The van der Waals surface area contributed by atoms with Crippen molar-refractivity contribution in [2.75, 3.05) is 6.54 Å². The lowest BCUT2D eigenvalue weighted by Gasteiger charge is -2.39. The number of nitrogens with zero attached hydrogens (tertiary/aromatic N) is 3. The van der Waals surface area contributed by atoms with E-state index in [0.29, 0.717) is 24.2 Å². The summed E-state index contributed by atoms with van der Waals surface area (Å²) in [6.07, 6.45) is 5.81. The van der Waals surface area contributed by atoms with Gasteiger partial charge in [0.1, 0.15) is 11.4 Å². The van der Waals surface area contributed by atoms with Crippen molar-refractivity contribution in [2.45, 2.75) is 58.7 Å². The number of halogens is 1. The van der Waals surface area contributed by atoms with Crippen LogP contribution in [0.25, 0.3) is 5.69 Å². The summed E-state index contributed by atoms with van der Waals surface area (Å²) in [6.45, 7) is 8.12. The Hall–Kier alpha value is -2.90. The molecule has 0 spiro atoms. The number of amides is 2. The Morgan fingerprint density at radius 2 is 2.10 bits per heavy atom. The van der Waals surface area contributed by atoms with Crippen LogP contribution in [0.1, 0.15) is 46.1 Å². The van der Waals surface area contributed by atoms with Crippen LogP contribution in [-0.2, 0) is 16.1 Å². The molecule has 1 fully saturated rings. The fraction of sp³-hybridized carbons (Fsp3) is 0.500. The minimum Gasteiger partial charge on any atom is -0.444 e. The van der Waals surface area contributed by atoms with E-state index in [1.54, 1.807) is 34.0 Å². The van der Waals surface area contributed by atoms with Gasteiger partial charge in [-0.05, 0) is 58.2 Å². The van der Waals surface area contributed by atoms with Crippen molar-refractivity contribution in [2.24, 2.45) is 5.92 Å². The summed E-state index contributed by atoms with van der Waals surface area (Å²) in [5.74, 6) is -0.863. The van der Waals surface area contributed by atoms with Gasteiger partial charge in [-0.2, -0.15) is 0 Å². The molecule has 0 saturated carbocycles. The van der Waals surface area contributed by atoms with Crippen LogP contribution in [0, 0.1) is 11.7 Å². The smallest absolute Gasteiger partial charge is 0.410 e. The Morgan fingerprint density at radius 3 is 2.73 bits per heavy atom. The number of hydrogen-bond acceptors (Lipinski definition) is 4. The Morgan fingerprint density at radius 1 is 1.33 bits per heavy atom. The molecule has 0 bridgehead atoms. The first kappa shape index (κ1) is 21.8. The molecule has 1 N–H and O–H groups in total. The van der Waals surface area contributed by atoms with Gasteiger partial charge < -0.3 is 19.5 Å². The SMILES string of the molecule is C[C@@H]1[C@H](C(=O)NCc2ccc(-n3ccnc3)c(F)c2)CCCN1C(=O)OC(C)(C)C. The number of carbonyl (C=O) groups excluding carboxylic acids is 2. The molecule has 1 aliphatic heterocycles. The molecule has 30 heavy (non-hydrogen) atoms. The van der Waals surface area contributed by atoms with Crippen LogP contribution < -0.4 is 5.32 Å². The Balaban J connectivity index is 1.60. The van der Waals surface area contributed by atoms with Gasteiger partial charge in [0.05, 0.1) is 17.9 Å². The maximum Gasteiger partial charge on any atom is 0.410 e. The Labute approximate surface area is 176 Å². The largest absolute Gasteiger partial charge is 0.444 e. The number of benzene rings is 1. The van der Waals surface area contributed by atoms with E-state index in [2.05, 4.69) is 10.3 Å². The molecule has 0 unspecified atom stereocenters. The number of carbonyl (C=O) groups is 2. The van der Waals surface area contributed by atoms with Crippen molar-refractivity contribution in [3.63, 3.8) is 0 Å². The van der Waals surface area contributed by atoms with E-state index in [1.807, 2.05) is 27.7 Å². The van der Waals surface area contributed by atoms with E-state index in [9.17, 15) is 14.0 Å². The summed E-state index contributed by atoms with van der Waals surface area (Å²) in [6, 6.07) is 4.57. The molecule has 0 radical (unpaired) electrons. The lowest BCUT2D eigenvalue weighted by molar-refractivity contribution is -0.128. The zero-order valence-corrected chi connectivity index (χ0v) is 17.9. The van der Waals surface area contributed by atoms with Crippen molar-refractivity contribution >= 4 is 12.0 Å². The number of aromatic nitrogens is 2. The summed E-state index contributed by atoms with van der Waals surface area (Å²) in [7, 11) is 0. The van der Waals surface area contributed by atoms with Crippen LogP contribution in [0.5, 0.6) is 0 Å². The highest BCUT2D eigenvalue weighted by atomic mass is 19.1. The Bertz CT molecular complexity index is 892. The fourth-order valence-electron chi connectivity index (χ4n) is 3.66. The quantitative estimate of drug-likeness (QED) is 0.825. The highest BCUT2D eigenvalue weighted by molar-refractivity contribution is 5.80. The first-order valence-electron chi connectivity index (χ1n) is 10.2. The van der Waals surface area contributed by atoms with Crippen LogP contribution in [0.4, 0.5) is 9.18 Å². The zero-order chi connectivity index (χ0) is 21.9. The summed E-state index contributed by atoms with van der Waals surface area (Å²) in [4.78, 5) is 30.8. The average molecular weight is 416 g/mol. The Kier molecular flexibility index (Phi) is 6.43. The van der Waals surface area contributed by atoms with E-state index in [0.717, 1.165) is 6.42 Å². The standard InChI is InChI=1S/C22H29FN4O3/c1-15-17(6-5-10-27(15)21(29)30-22(2,3)4)20(28)25-13-16-7-8-19(18(23)12-16)26-11-9-24-14-26/h7-9,11-12,14-15,17H,5-6,10,13H2,1-4H3,(H,25,28)/t15-,17-/m1/s1. The van der Waals surface area contributed by atoms with Gasteiger partial charge >= 0.3 is 6.09 Å². The molecule has 1 saturated heterocycles. The molecule has 0 aliphatic carbocycles. The molecule has 2 aromatic rings. The third kappa shape index (κ3) is 5.17. The van der Waals surface area contributed by atoms with E-state index < -0.39 is 11.7 Å². The van der Waals surface area contributed by atoms with E-state index in [4.69, 9.17) is 4.74 Å². The highest BCUT2D eigenvalue weighted by Crippen LogP contribution is 2.26. The summed E-state index contributed by atoms with van der Waals surface area (Å²) in [5, 5.41) is 2.88. The first-order valence-corrected chi connectivity index (χ1v) is 10.2. The maximum atomic E-state index is 14.4. The third-order valence-corrected chi connectivity index (χ3v) is 5.21. The molecule has 162 valence electrons. The van der Waals surface area contributed by atoms with Crippen LogP contribution >= 0.6 is 0 Å². The summed E-state index contributed by atoms with van der Waals surface area (Å²) < 4.78 is 21.5. The van der Waals surface area contributed by atoms with Gasteiger partial charge in [-0.25, -0.2) is 14.2 Å². The van der Waals surface area contributed by atoms with Crippen LogP contribution in [0.15, 0.2) is 36.9 Å². The molecule has 7 nitrogen and oxygen atoms in total. The molecular formula is C22H29FN4O3. The van der Waals surface area contributed by atoms with Gasteiger partial charge in [0.25, 0.3) is 0 Å². The highest BCUT2D eigenvalue weighted by Gasteiger charge is 2.37. The van der Waals surface area contributed by atoms with Gasteiger partial charge in [-0.3, -0.25) is 4.79 Å². The second-order valence-corrected chi connectivity index (χ2v) is 8.64. The van der Waals surface area contributed by atoms with Crippen LogP contribution in [0.2, 0.25) is 0 Å². The molecule has 2 atom stereocenters. The third-order valence-electron chi connectivity index (χ3n) is 5.21.